The minimum absolute atomic E-state index is 0.212. The molecule has 0 spiro atoms. The lowest BCUT2D eigenvalue weighted by atomic mass is 10.1. The number of sulfone groups is 1. The first-order valence-corrected chi connectivity index (χ1v) is 7.47. The largest absolute Gasteiger partial charge is 0.224 e. The third-order valence-corrected chi connectivity index (χ3v) is 4.76. The molecule has 0 amide bonds. The Labute approximate surface area is 103 Å². The molecule has 0 aliphatic heterocycles. The van der Waals surface area contributed by atoms with Crippen molar-refractivity contribution < 1.29 is 8.42 Å². The van der Waals surface area contributed by atoms with E-state index in [1.807, 2.05) is 0 Å². The summed E-state index contributed by atoms with van der Waals surface area (Å²) < 4.78 is 23.8. The van der Waals surface area contributed by atoms with Crippen molar-refractivity contribution in [3.8, 4) is 0 Å². The zero-order valence-corrected chi connectivity index (χ0v) is 11.2. The molecule has 4 heteroatoms. The molecule has 1 aromatic carbocycles. The van der Waals surface area contributed by atoms with Crippen molar-refractivity contribution in [2.45, 2.75) is 31.6 Å². The molecule has 0 aliphatic rings. The van der Waals surface area contributed by atoms with Gasteiger partial charge in [0, 0.05) is 5.02 Å². The number of halogens is 1. The molecular weight excluding hydrogens is 244 g/mol. The third kappa shape index (κ3) is 3.80. The molecule has 16 heavy (non-hydrogen) atoms. The molecule has 0 saturated heterocycles. The van der Waals surface area contributed by atoms with Crippen LogP contribution in [0.2, 0.25) is 5.02 Å². The second-order valence-electron chi connectivity index (χ2n) is 4.07. The van der Waals surface area contributed by atoms with Gasteiger partial charge in [-0.1, -0.05) is 31.9 Å². The SMILES string of the molecule is CCC(C)CCS(=O)(=O)c1ccc(Cl)cc1. The van der Waals surface area contributed by atoms with E-state index in [4.69, 9.17) is 11.6 Å². The minimum atomic E-state index is -3.14. The van der Waals surface area contributed by atoms with E-state index in [2.05, 4.69) is 13.8 Å². The first-order valence-electron chi connectivity index (χ1n) is 5.44. The fourth-order valence-electron chi connectivity index (χ4n) is 1.32. The zero-order valence-electron chi connectivity index (χ0n) is 9.61. The van der Waals surface area contributed by atoms with Crippen LogP contribution >= 0.6 is 11.6 Å². The van der Waals surface area contributed by atoms with E-state index in [1.54, 1.807) is 24.3 Å². The predicted molar refractivity (Wildman–Crippen MR) is 67.6 cm³/mol. The van der Waals surface area contributed by atoms with E-state index in [9.17, 15) is 8.42 Å². The van der Waals surface area contributed by atoms with Crippen LogP contribution in [0.3, 0.4) is 0 Å². The van der Waals surface area contributed by atoms with E-state index in [0.29, 0.717) is 22.3 Å². The van der Waals surface area contributed by atoms with Crippen LogP contribution < -0.4 is 0 Å². The van der Waals surface area contributed by atoms with Gasteiger partial charge in [0.25, 0.3) is 0 Å². The lowest BCUT2D eigenvalue weighted by Gasteiger charge is -2.08. The van der Waals surface area contributed by atoms with Crippen molar-refractivity contribution in [2.75, 3.05) is 5.75 Å². The van der Waals surface area contributed by atoms with Gasteiger partial charge in [0.1, 0.15) is 0 Å². The van der Waals surface area contributed by atoms with Crippen LogP contribution in [0, 0.1) is 5.92 Å². The highest BCUT2D eigenvalue weighted by Gasteiger charge is 2.15. The summed E-state index contributed by atoms with van der Waals surface area (Å²) in [5.41, 5.74) is 0. The molecule has 0 saturated carbocycles. The normalized spacial score (nSPS) is 13.7. The van der Waals surface area contributed by atoms with Crippen molar-refractivity contribution in [3.63, 3.8) is 0 Å². The molecule has 1 atom stereocenters. The van der Waals surface area contributed by atoms with Gasteiger partial charge in [-0.15, -0.1) is 0 Å². The molecule has 90 valence electrons. The Morgan fingerprint density at radius 1 is 1.25 bits per heavy atom. The van der Waals surface area contributed by atoms with Gasteiger partial charge in [0.2, 0.25) is 0 Å². The van der Waals surface area contributed by atoms with Gasteiger partial charge in [-0.05, 0) is 36.6 Å². The molecule has 0 aromatic heterocycles. The van der Waals surface area contributed by atoms with Crippen LogP contribution in [-0.4, -0.2) is 14.2 Å². The molecular formula is C12H17ClO2S. The van der Waals surface area contributed by atoms with Crippen LogP contribution in [0.1, 0.15) is 26.7 Å². The van der Waals surface area contributed by atoms with Crippen LogP contribution in [0.15, 0.2) is 29.2 Å². The maximum Gasteiger partial charge on any atom is 0.178 e. The van der Waals surface area contributed by atoms with Crippen molar-refractivity contribution >= 4 is 21.4 Å². The van der Waals surface area contributed by atoms with E-state index >= 15 is 0 Å². The van der Waals surface area contributed by atoms with Gasteiger partial charge in [0.05, 0.1) is 10.6 Å². The van der Waals surface area contributed by atoms with Gasteiger partial charge in [-0.3, -0.25) is 0 Å². The number of rotatable bonds is 5. The average molecular weight is 261 g/mol. The van der Waals surface area contributed by atoms with E-state index in [0.717, 1.165) is 6.42 Å². The minimum Gasteiger partial charge on any atom is -0.224 e. The van der Waals surface area contributed by atoms with Crippen molar-refractivity contribution in [3.05, 3.63) is 29.3 Å². The monoisotopic (exact) mass is 260 g/mol. The molecule has 0 heterocycles. The lowest BCUT2D eigenvalue weighted by Crippen LogP contribution is -2.09. The van der Waals surface area contributed by atoms with Crippen molar-refractivity contribution in [1.82, 2.24) is 0 Å². The highest BCUT2D eigenvalue weighted by Crippen LogP contribution is 2.18. The number of hydrogen-bond acceptors (Lipinski definition) is 2. The third-order valence-electron chi connectivity index (χ3n) is 2.75. The standard InChI is InChI=1S/C12H17ClO2S/c1-3-10(2)8-9-16(14,15)12-6-4-11(13)5-7-12/h4-7,10H,3,8-9H2,1-2H3. The highest BCUT2D eigenvalue weighted by molar-refractivity contribution is 7.91. The summed E-state index contributed by atoms with van der Waals surface area (Å²) in [6.07, 6.45) is 1.72. The quantitative estimate of drug-likeness (QED) is 0.811. The van der Waals surface area contributed by atoms with Crippen LogP contribution in [0.4, 0.5) is 0 Å². The van der Waals surface area contributed by atoms with E-state index in [-0.39, 0.29) is 5.75 Å². The molecule has 0 aliphatic carbocycles. The smallest absolute Gasteiger partial charge is 0.178 e. The molecule has 1 rings (SSSR count). The summed E-state index contributed by atoms with van der Waals surface area (Å²) in [6, 6.07) is 6.35. The van der Waals surface area contributed by atoms with Crippen LogP contribution in [0.5, 0.6) is 0 Å². The highest BCUT2D eigenvalue weighted by atomic mass is 35.5. The average Bonchev–Trinajstić information content (AvgIpc) is 2.26. The maximum atomic E-state index is 11.9. The summed E-state index contributed by atoms with van der Waals surface area (Å²) in [6.45, 7) is 4.14. The molecule has 0 fully saturated rings. The molecule has 0 radical (unpaired) electrons. The first-order chi connectivity index (χ1) is 7.45. The maximum absolute atomic E-state index is 11.9. The Morgan fingerprint density at radius 2 is 1.81 bits per heavy atom. The Bertz CT molecular complexity index is 423. The lowest BCUT2D eigenvalue weighted by molar-refractivity contribution is 0.532. The Balaban J connectivity index is 2.74. The number of benzene rings is 1. The molecule has 2 nitrogen and oxygen atoms in total. The van der Waals surface area contributed by atoms with Gasteiger partial charge < -0.3 is 0 Å². The Morgan fingerprint density at radius 3 is 2.31 bits per heavy atom. The second-order valence-corrected chi connectivity index (χ2v) is 6.62. The summed E-state index contributed by atoms with van der Waals surface area (Å²) in [5, 5.41) is 0.556. The molecule has 0 N–H and O–H groups in total. The molecule has 1 unspecified atom stereocenters. The second kappa shape index (κ2) is 5.69. The van der Waals surface area contributed by atoms with Gasteiger partial charge >= 0.3 is 0 Å². The molecule has 0 bridgehead atoms. The van der Waals surface area contributed by atoms with E-state index in [1.165, 1.54) is 0 Å². The van der Waals surface area contributed by atoms with E-state index < -0.39 is 9.84 Å². The fourth-order valence-corrected chi connectivity index (χ4v) is 2.95. The Kier molecular flexibility index (Phi) is 4.81. The van der Waals surface area contributed by atoms with Crippen molar-refractivity contribution in [2.24, 2.45) is 5.92 Å². The summed E-state index contributed by atoms with van der Waals surface area (Å²) in [4.78, 5) is 0.361. The van der Waals surface area contributed by atoms with Crippen LogP contribution in [0.25, 0.3) is 0 Å². The first kappa shape index (κ1) is 13.5. The van der Waals surface area contributed by atoms with Crippen LogP contribution in [-0.2, 0) is 9.84 Å². The molecule has 1 aromatic rings. The fraction of sp³-hybridized carbons (Fsp3) is 0.500. The van der Waals surface area contributed by atoms with Crippen molar-refractivity contribution in [1.29, 1.82) is 0 Å². The summed E-state index contributed by atoms with van der Waals surface area (Å²) >= 11 is 5.72. The summed E-state index contributed by atoms with van der Waals surface area (Å²) in [5.74, 6) is 0.658. The van der Waals surface area contributed by atoms with Gasteiger partial charge in [-0.25, -0.2) is 8.42 Å². The Hall–Kier alpha value is -0.540. The summed E-state index contributed by atoms with van der Waals surface area (Å²) in [7, 11) is -3.14. The van der Waals surface area contributed by atoms with Gasteiger partial charge in [-0.2, -0.15) is 0 Å². The topological polar surface area (TPSA) is 34.1 Å². The zero-order chi connectivity index (χ0) is 12.2. The van der Waals surface area contributed by atoms with Gasteiger partial charge in [0.15, 0.2) is 9.84 Å². The number of hydrogen-bond donors (Lipinski definition) is 0. The predicted octanol–water partition coefficient (Wildman–Crippen LogP) is 3.55.